The summed E-state index contributed by atoms with van der Waals surface area (Å²) in [6.07, 6.45) is 5.55. The number of esters is 1. The van der Waals surface area contributed by atoms with Crippen LogP contribution in [0.2, 0.25) is 0 Å². The summed E-state index contributed by atoms with van der Waals surface area (Å²) in [6.45, 7) is 9.71. The first-order chi connectivity index (χ1) is 13.7. The van der Waals surface area contributed by atoms with Crippen molar-refractivity contribution in [3.05, 3.63) is 58.7 Å². The lowest BCUT2D eigenvalue weighted by molar-refractivity contribution is -0.106. The van der Waals surface area contributed by atoms with E-state index in [0.29, 0.717) is 23.3 Å². The molecule has 0 saturated carbocycles. The molecule has 1 heterocycles. The number of fused-ring (bicyclic) bond motifs is 1. The smallest absolute Gasteiger partial charge is 0.345 e. The minimum absolute atomic E-state index is 0.120. The van der Waals surface area contributed by atoms with Crippen molar-refractivity contribution < 1.29 is 19.4 Å². The van der Waals surface area contributed by atoms with E-state index < -0.39 is 11.8 Å². The average molecular weight is 395 g/mol. The highest BCUT2D eigenvalue weighted by Crippen LogP contribution is 2.47. The molecule has 0 amide bonds. The van der Waals surface area contributed by atoms with E-state index in [1.54, 1.807) is 19.1 Å². The normalized spacial score (nSPS) is 17.9. The second-order valence-corrected chi connectivity index (χ2v) is 8.19. The van der Waals surface area contributed by atoms with Gasteiger partial charge in [0.1, 0.15) is 11.3 Å². The molecule has 0 bridgehead atoms. The van der Waals surface area contributed by atoms with Crippen LogP contribution >= 0.6 is 0 Å². The van der Waals surface area contributed by atoms with Crippen molar-refractivity contribution in [3.63, 3.8) is 0 Å². The summed E-state index contributed by atoms with van der Waals surface area (Å²) in [6, 6.07) is 9.52. The number of rotatable bonds is 6. The van der Waals surface area contributed by atoms with Gasteiger partial charge in [0.15, 0.2) is 5.75 Å². The van der Waals surface area contributed by atoms with E-state index in [0.717, 1.165) is 41.5 Å². The predicted octanol–water partition coefficient (Wildman–Crippen LogP) is 6.33. The Hall–Kier alpha value is -2.75. The van der Waals surface area contributed by atoms with Gasteiger partial charge in [0.25, 0.3) is 5.79 Å². The first kappa shape index (κ1) is 21.0. The van der Waals surface area contributed by atoms with Gasteiger partial charge < -0.3 is 14.6 Å². The molecule has 0 aliphatic carbocycles. The number of phenolic OH excluding ortho intramolecular Hbond substituents is 1. The van der Waals surface area contributed by atoms with Crippen LogP contribution in [0.5, 0.6) is 11.5 Å². The van der Waals surface area contributed by atoms with Crippen LogP contribution in [0.1, 0.15) is 68.4 Å². The van der Waals surface area contributed by atoms with Gasteiger partial charge in [0.05, 0.1) is 5.56 Å². The van der Waals surface area contributed by atoms with E-state index in [2.05, 4.69) is 6.92 Å². The molecule has 0 spiro atoms. The van der Waals surface area contributed by atoms with Crippen molar-refractivity contribution in [2.24, 2.45) is 0 Å². The molecule has 4 nitrogen and oxygen atoms in total. The molecule has 29 heavy (non-hydrogen) atoms. The summed E-state index contributed by atoms with van der Waals surface area (Å²) in [5.74, 6) is -1.10. The second kappa shape index (κ2) is 8.32. The van der Waals surface area contributed by atoms with Gasteiger partial charge in [-0.2, -0.15) is 0 Å². The van der Waals surface area contributed by atoms with E-state index in [9.17, 15) is 9.90 Å². The van der Waals surface area contributed by atoms with Gasteiger partial charge in [-0.1, -0.05) is 55.2 Å². The quantitative estimate of drug-likeness (QED) is 0.353. The van der Waals surface area contributed by atoms with Crippen LogP contribution in [0.25, 0.3) is 11.1 Å². The number of aryl methyl sites for hydroxylation is 2. The Kier molecular flexibility index (Phi) is 6.02. The largest absolute Gasteiger partial charge is 0.507 e. The maximum Gasteiger partial charge on any atom is 0.345 e. The maximum atomic E-state index is 13.1. The Morgan fingerprint density at radius 1 is 1.14 bits per heavy atom. The molecular formula is C25H30O4. The highest BCUT2D eigenvalue weighted by atomic mass is 16.7. The molecule has 1 N–H and O–H groups in total. The van der Waals surface area contributed by atoms with E-state index in [1.165, 1.54) is 0 Å². The lowest BCUT2D eigenvalue weighted by atomic mass is 9.92. The van der Waals surface area contributed by atoms with E-state index >= 15 is 0 Å². The fraction of sp³-hybridized carbons (Fsp3) is 0.400. The number of benzene rings is 2. The SMILES string of the molecule is CCCCCc1cc(O)c(-c2cccc(C)c2)c2c1C(=O)OC(C)(C=C(C)C)O2. The molecule has 4 heteroatoms. The lowest BCUT2D eigenvalue weighted by Crippen LogP contribution is -2.41. The first-order valence-corrected chi connectivity index (χ1v) is 10.3. The Morgan fingerprint density at radius 2 is 1.90 bits per heavy atom. The highest BCUT2D eigenvalue weighted by molar-refractivity contribution is 6.00. The number of phenols is 1. The molecular weight excluding hydrogens is 364 g/mol. The summed E-state index contributed by atoms with van der Waals surface area (Å²) in [4.78, 5) is 13.1. The van der Waals surface area contributed by atoms with Crippen LogP contribution < -0.4 is 4.74 Å². The minimum atomic E-state index is -1.21. The molecule has 3 rings (SSSR count). The summed E-state index contributed by atoms with van der Waals surface area (Å²) in [5.41, 5.74) is 4.58. The van der Waals surface area contributed by atoms with Crippen molar-refractivity contribution in [2.75, 3.05) is 0 Å². The molecule has 1 atom stereocenters. The third-order valence-corrected chi connectivity index (χ3v) is 5.05. The standard InChI is InChI=1S/C25H30O4/c1-6-7-8-11-19-14-20(26)21(18-12-9-10-17(4)13-18)23-22(19)24(27)29-25(5,28-23)15-16(2)3/h9-10,12-15,26H,6-8,11H2,1-5H3. The Bertz CT molecular complexity index is 954. The molecule has 0 aromatic heterocycles. The van der Waals surface area contributed by atoms with Gasteiger partial charge in [-0.15, -0.1) is 0 Å². The molecule has 2 aromatic carbocycles. The van der Waals surface area contributed by atoms with Crippen molar-refractivity contribution in [3.8, 4) is 22.6 Å². The molecule has 0 saturated heterocycles. The van der Waals surface area contributed by atoms with E-state index in [-0.39, 0.29) is 5.75 Å². The van der Waals surface area contributed by atoms with Crippen LogP contribution in [0.4, 0.5) is 0 Å². The van der Waals surface area contributed by atoms with Crippen LogP contribution in [-0.2, 0) is 11.2 Å². The first-order valence-electron chi connectivity index (χ1n) is 10.3. The van der Waals surface area contributed by atoms with Crippen molar-refractivity contribution in [1.82, 2.24) is 0 Å². The number of ether oxygens (including phenoxy) is 2. The minimum Gasteiger partial charge on any atom is -0.507 e. The number of carbonyl (C=O) groups excluding carboxylic acids is 1. The van der Waals surface area contributed by atoms with E-state index in [4.69, 9.17) is 9.47 Å². The topological polar surface area (TPSA) is 55.8 Å². The van der Waals surface area contributed by atoms with Crippen molar-refractivity contribution >= 4 is 5.97 Å². The fourth-order valence-corrected chi connectivity index (χ4v) is 3.91. The van der Waals surface area contributed by atoms with Gasteiger partial charge in [-0.25, -0.2) is 4.79 Å². The average Bonchev–Trinajstić information content (AvgIpc) is 2.60. The molecule has 1 unspecified atom stereocenters. The lowest BCUT2D eigenvalue weighted by Gasteiger charge is -2.35. The molecule has 2 aromatic rings. The fourth-order valence-electron chi connectivity index (χ4n) is 3.91. The van der Waals surface area contributed by atoms with Gasteiger partial charge in [-0.05, 0) is 56.9 Å². The highest BCUT2D eigenvalue weighted by Gasteiger charge is 2.40. The van der Waals surface area contributed by atoms with Crippen LogP contribution in [-0.4, -0.2) is 16.9 Å². The van der Waals surface area contributed by atoms with Crippen LogP contribution in [0.3, 0.4) is 0 Å². The molecule has 1 aliphatic rings. The second-order valence-electron chi connectivity index (χ2n) is 8.19. The summed E-state index contributed by atoms with van der Waals surface area (Å²) >= 11 is 0. The zero-order valence-electron chi connectivity index (χ0n) is 18.0. The molecule has 1 aliphatic heterocycles. The van der Waals surface area contributed by atoms with Gasteiger partial charge in [0, 0.05) is 6.92 Å². The summed E-state index contributed by atoms with van der Waals surface area (Å²) < 4.78 is 12.0. The van der Waals surface area contributed by atoms with Crippen LogP contribution in [0, 0.1) is 6.92 Å². The van der Waals surface area contributed by atoms with Crippen LogP contribution in [0.15, 0.2) is 42.0 Å². The zero-order chi connectivity index (χ0) is 21.2. The van der Waals surface area contributed by atoms with Crippen molar-refractivity contribution in [1.29, 1.82) is 0 Å². The zero-order valence-corrected chi connectivity index (χ0v) is 18.0. The number of cyclic esters (lactones) is 1. The summed E-state index contributed by atoms with van der Waals surface area (Å²) in [7, 11) is 0. The number of aromatic hydroxyl groups is 1. The van der Waals surface area contributed by atoms with Crippen molar-refractivity contribution in [2.45, 2.75) is 66.1 Å². The number of allylic oxidation sites excluding steroid dienone is 1. The third kappa shape index (κ3) is 4.47. The third-order valence-electron chi connectivity index (χ3n) is 5.05. The predicted molar refractivity (Wildman–Crippen MR) is 115 cm³/mol. The molecule has 0 fully saturated rings. The van der Waals surface area contributed by atoms with Gasteiger partial charge in [-0.3, -0.25) is 0 Å². The van der Waals surface area contributed by atoms with Gasteiger partial charge in [0.2, 0.25) is 0 Å². The Labute approximate surface area is 173 Å². The maximum absolute atomic E-state index is 13.1. The number of hydrogen-bond donors (Lipinski definition) is 1. The monoisotopic (exact) mass is 394 g/mol. The molecule has 154 valence electrons. The number of unbranched alkanes of at least 4 members (excludes halogenated alkanes) is 2. The Morgan fingerprint density at radius 3 is 2.55 bits per heavy atom. The number of carbonyl (C=O) groups is 1. The molecule has 0 radical (unpaired) electrons. The van der Waals surface area contributed by atoms with E-state index in [1.807, 2.05) is 45.0 Å². The summed E-state index contributed by atoms with van der Waals surface area (Å²) in [5, 5.41) is 10.9. The number of hydrogen-bond acceptors (Lipinski definition) is 4. The van der Waals surface area contributed by atoms with Gasteiger partial charge >= 0.3 is 5.97 Å². The Balaban J connectivity index is 2.22.